The zero-order valence-electron chi connectivity index (χ0n) is 15.5. The van der Waals surface area contributed by atoms with Crippen molar-refractivity contribution in [1.82, 2.24) is 5.32 Å². The van der Waals surface area contributed by atoms with Crippen LogP contribution in [0.15, 0.2) is 42.5 Å². The van der Waals surface area contributed by atoms with Crippen LogP contribution in [0.4, 0.5) is 5.69 Å². The standard InChI is InChI=1S/C21H23ClN2O3/c1-14-3-6-16(13-19(14)22)24-12-10-18(21(24)26)20(25)23-11-9-15-4-7-17(27-2)8-5-15/h3-8,13,18H,9-12H2,1-2H3,(H,23,25). The third-order valence-electron chi connectivity index (χ3n) is 4.86. The van der Waals surface area contributed by atoms with E-state index in [0.717, 1.165) is 22.6 Å². The fraction of sp³-hybridized carbons (Fsp3) is 0.333. The number of anilines is 1. The first kappa shape index (κ1) is 19.2. The molecule has 1 atom stereocenters. The first-order valence-electron chi connectivity index (χ1n) is 8.98. The summed E-state index contributed by atoms with van der Waals surface area (Å²) in [5.74, 6) is -0.220. The van der Waals surface area contributed by atoms with Crippen molar-refractivity contribution in [2.45, 2.75) is 19.8 Å². The molecule has 6 heteroatoms. The smallest absolute Gasteiger partial charge is 0.239 e. The number of carbonyl (C=O) groups excluding carboxylic acids is 2. The molecule has 0 aliphatic carbocycles. The first-order chi connectivity index (χ1) is 13.0. The summed E-state index contributed by atoms with van der Waals surface area (Å²) in [7, 11) is 1.63. The van der Waals surface area contributed by atoms with Gasteiger partial charge in [-0.1, -0.05) is 29.8 Å². The number of rotatable bonds is 6. The summed E-state index contributed by atoms with van der Waals surface area (Å²) in [6.07, 6.45) is 1.21. The highest BCUT2D eigenvalue weighted by Gasteiger charge is 2.37. The minimum atomic E-state index is -0.638. The Balaban J connectivity index is 1.54. The first-order valence-corrected chi connectivity index (χ1v) is 9.35. The van der Waals surface area contributed by atoms with Gasteiger partial charge in [0.25, 0.3) is 0 Å². The molecule has 0 bridgehead atoms. The number of amides is 2. The number of carbonyl (C=O) groups is 2. The minimum Gasteiger partial charge on any atom is -0.497 e. The Morgan fingerprint density at radius 2 is 2.00 bits per heavy atom. The Hall–Kier alpha value is -2.53. The zero-order valence-corrected chi connectivity index (χ0v) is 16.3. The molecule has 3 rings (SSSR count). The van der Waals surface area contributed by atoms with Crippen LogP contribution in [0, 0.1) is 12.8 Å². The van der Waals surface area contributed by atoms with Crippen molar-refractivity contribution in [1.29, 1.82) is 0 Å². The van der Waals surface area contributed by atoms with Crippen LogP contribution < -0.4 is 15.0 Å². The molecule has 142 valence electrons. The number of halogens is 1. The molecule has 2 aromatic rings. The molecule has 1 aliphatic rings. The van der Waals surface area contributed by atoms with Crippen LogP contribution in [0.5, 0.6) is 5.75 Å². The SMILES string of the molecule is COc1ccc(CCNC(=O)C2CCN(c3ccc(C)c(Cl)c3)C2=O)cc1. The van der Waals surface area contributed by atoms with E-state index in [4.69, 9.17) is 16.3 Å². The monoisotopic (exact) mass is 386 g/mol. The summed E-state index contributed by atoms with van der Waals surface area (Å²) < 4.78 is 5.13. The van der Waals surface area contributed by atoms with Crippen LogP contribution in [0.1, 0.15) is 17.5 Å². The van der Waals surface area contributed by atoms with Gasteiger partial charge in [-0.3, -0.25) is 9.59 Å². The molecule has 2 aromatic carbocycles. The summed E-state index contributed by atoms with van der Waals surface area (Å²) >= 11 is 6.16. The van der Waals surface area contributed by atoms with Gasteiger partial charge in [0.15, 0.2) is 0 Å². The van der Waals surface area contributed by atoms with Gasteiger partial charge in [-0.05, 0) is 55.2 Å². The van der Waals surface area contributed by atoms with E-state index in [1.54, 1.807) is 18.1 Å². The summed E-state index contributed by atoms with van der Waals surface area (Å²) in [4.78, 5) is 26.7. The third-order valence-corrected chi connectivity index (χ3v) is 5.27. The van der Waals surface area contributed by atoms with E-state index in [9.17, 15) is 9.59 Å². The van der Waals surface area contributed by atoms with E-state index in [1.165, 1.54) is 0 Å². The van der Waals surface area contributed by atoms with E-state index in [2.05, 4.69) is 5.32 Å². The number of nitrogens with one attached hydrogen (secondary N) is 1. The highest BCUT2D eigenvalue weighted by Crippen LogP contribution is 2.29. The summed E-state index contributed by atoms with van der Waals surface area (Å²) in [6, 6.07) is 13.2. The number of hydrogen-bond acceptors (Lipinski definition) is 3. The van der Waals surface area contributed by atoms with Crippen molar-refractivity contribution in [2.24, 2.45) is 5.92 Å². The predicted molar refractivity (Wildman–Crippen MR) is 106 cm³/mol. The molecule has 1 saturated heterocycles. The average Bonchev–Trinajstić information content (AvgIpc) is 3.06. The Labute approximate surface area is 164 Å². The second-order valence-electron chi connectivity index (χ2n) is 6.65. The number of benzene rings is 2. The molecular formula is C21H23ClN2O3. The molecule has 0 spiro atoms. The molecule has 0 aromatic heterocycles. The fourth-order valence-corrected chi connectivity index (χ4v) is 3.35. The highest BCUT2D eigenvalue weighted by atomic mass is 35.5. The van der Waals surface area contributed by atoms with Crippen LogP contribution in [0.3, 0.4) is 0 Å². The lowest BCUT2D eigenvalue weighted by Gasteiger charge is -2.17. The van der Waals surface area contributed by atoms with Gasteiger partial charge >= 0.3 is 0 Å². The maximum absolute atomic E-state index is 12.7. The van der Waals surface area contributed by atoms with E-state index in [1.807, 2.05) is 43.3 Å². The van der Waals surface area contributed by atoms with Gasteiger partial charge in [0, 0.05) is 23.8 Å². The Morgan fingerprint density at radius 3 is 2.67 bits per heavy atom. The van der Waals surface area contributed by atoms with Crippen molar-refractivity contribution in [3.63, 3.8) is 0 Å². The second-order valence-corrected chi connectivity index (χ2v) is 7.06. The number of aryl methyl sites for hydroxylation is 1. The minimum absolute atomic E-state index is 0.170. The molecule has 1 heterocycles. The number of hydrogen-bond donors (Lipinski definition) is 1. The molecule has 2 amide bonds. The highest BCUT2D eigenvalue weighted by molar-refractivity contribution is 6.31. The lowest BCUT2D eigenvalue weighted by atomic mass is 10.1. The molecule has 1 N–H and O–H groups in total. The van der Waals surface area contributed by atoms with Crippen LogP contribution in [0.25, 0.3) is 0 Å². The molecule has 0 saturated carbocycles. The van der Waals surface area contributed by atoms with Gasteiger partial charge in [-0.2, -0.15) is 0 Å². The van der Waals surface area contributed by atoms with Crippen molar-refractivity contribution >= 4 is 29.1 Å². The van der Waals surface area contributed by atoms with Crippen molar-refractivity contribution in [3.8, 4) is 5.75 Å². The van der Waals surface area contributed by atoms with Gasteiger partial charge in [-0.25, -0.2) is 0 Å². The third kappa shape index (κ3) is 4.42. The second kappa shape index (κ2) is 8.44. The van der Waals surface area contributed by atoms with Gasteiger partial charge in [0.05, 0.1) is 7.11 Å². The molecule has 0 radical (unpaired) electrons. The zero-order chi connectivity index (χ0) is 19.4. The topological polar surface area (TPSA) is 58.6 Å². The summed E-state index contributed by atoms with van der Waals surface area (Å²) in [5, 5.41) is 3.50. The number of methoxy groups -OCH3 is 1. The fourth-order valence-electron chi connectivity index (χ4n) is 3.17. The van der Waals surface area contributed by atoms with E-state index >= 15 is 0 Å². The van der Waals surface area contributed by atoms with Crippen LogP contribution in [-0.4, -0.2) is 32.0 Å². The van der Waals surface area contributed by atoms with Crippen LogP contribution in [-0.2, 0) is 16.0 Å². The summed E-state index contributed by atoms with van der Waals surface area (Å²) in [5.41, 5.74) is 2.80. The predicted octanol–water partition coefficient (Wildman–Crippen LogP) is 3.37. The van der Waals surface area contributed by atoms with E-state index in [0.29, 0.717) is 31.0 Å². The van der Waals surface area contributed by atoms with Gasteiger partial charge in [0.2, 0.25) is 11.8 Å². The van der Waals surface area contributed by atoms with Crippen molar-refractivity contribution in [3.05, 3.63) is 58.6 Å². The van der Waals surface area contributed by atoms with Crippen molar-refractivity contribution in [2.75, 3.05) is 25.1 Å². The van der Waals surface area contributed by atoms with Crippen molar-refractivity contribution < 1.29 is 14.3 Å². The molecule has 27 heavy (non-hydrogen) atoms. The Bertz CT molecular complexity index is 836. The van der Waals surface area contributed by atoms with E-state index < -0.39 is 5.92 Å². The van der Waals surface area contributed by atoms with Crippen LogP contribution in [0.2, 0.25) is 5.02 Å². The molecule has 1 fully saturated rings. The quantitative estimate of drug-likeness (QED) is 0.774. The Morgan fingerprint density at radius 1 is 1.26 bits per heavy atom. The maximum Gasteiger partial charge on any atom is 0.239 e. The number of nitrogens with zero attached hydrogens (tertiary/aromatic N) is 1. The molecule has 1 aliphatic heterocycles. The van der Waals surface area contributed by atoms with Gasteiger partial charge in [-0.15, -0.1) is 0 Å². The van der Waals surface area contributed by atoms with Gasteiger partial charge in [0.1, 0.15) is 11.7 Å². The Kier molecular flexibility index (Phi) is 6.01. The van der Waals surface area contributed by atoms with Crippen LogP contribution >= 0.6 is 11.6 Å². The van der Waals surface area contributed by atoms with Gasteiger partial charge < -0.3 is 15.0 Å². The average molecular weight is 387 g/mol. The number of ether oxygens (including phenoxy) is 1. The van der Waals surface area contributed by atoms with E-state index in [-0.39, 0.29) is 11.8 Å². The maximum atomic E-state index is 12.7. The molecule has 1 unspecified atom stereocenters. The molecular weight excluding hydrogens is 364 g/mol. The molecule has 5 nitrogen and oxygen atoms in total. The largest absolute Gasteiger partial charge is 0.497 e. The summed E-state index contributed by atoms with van der Waals surface area (Å²) in [6.45, 7) is 2.93. The normalized spacial score (nSPS) is 16.5. The lowest BCUT2D eigenvalue weighted by Crippen LogP contribution is -2.37. The lowest BCUT2D eigenvalue weighted by molar-refractivity contribution is -0.132.